The highest BCUT2D eigenvalue weighted by molar-refractivity contribution is 6.00. The Morgan fingerprint density at radius 2 is 1.83 bits per heavy atom. The first-order chi connectivity index (χ1) is 27.3. The molecule has 3 aliphatic rings. The van der Waals surface area contributed by atoms with Crippen LogP contribution in [0.1, 0.15) is 87.1 Å². The molecule has 2 bridgehead atoms. The monoisotopic (exact) mass is 816 g/mol. The Kier molecular flexibility index (Phi) is 15.1. The van der Waals surface area contributed by atoms with Crippen molar-refractivity contribution < 1.29 is 57.5 Å². The fraction of sp³-hybridized carbons (Fsp3) is 0.738. The SMILES string of the molecule is CC[C@H]1OC(=O)[C@H](C)C(=O)[C@H](C)[C@@H](O[C@H]2O[C@H](C)C[C@H](N(C)C)[C@H]2O)[C@@]2(C)C[C@@H](C)C(=NC(C)=O)[C@H](C)[C@@H](OCC(NOCc3ccc4ocnc4c3)CO2)[C@]1(C)O. The predicted molar refractivity (Wildman–Crippen MR) is 212 cm³/mol. The third-order valence-corrected chi connectivity index (χ3v) is 12.1. The molecule has 1 aromatic heterocycles. The molecule has 3 saturated heterocycles. The molecular formula is C42H64N4O12. The minimum absolute atomic E-state index is 0.0399. The highest BCUT2D eigenvalue weighted by Crippen LogP contribution is 2.40. The maximum absolute atomic E-state index is 14.5. The van der Waals surface area contributed by atoms with Gasteiger partial charge in [-0.1, -0.05) is 33.8 Å². The zero-order chi connectivity index (χ0) is 42.7. The van der Waals surface area contributed by atoms with E-state index in [1.54, 1.807) is 13.8 Å². The average molecular weight is 817 g/mol. The van der Waals surface area contributed by atoms with Crippen LogP contribution < -0.4 is 5.48 Å². The lowest BCUT2D eigenvalue weighted by atomic mass is 9.73. The molecule has 0 spiro atoms. The van der Waals surface area contributed by atoms with Crippen molar-refractivity contribution in [1.29, 1.82) is 0 Å². The number of Topliss-reactive ketones (excluding diaryl/α,β-unsaturated/α-hetero) is 1. The van der Waals surface area contributed by atoms with Gasteiger partial charge < -0.3 is 43.2 Å². The van der Waals surface area contributed by atoms with Gasteiger partial charge in [-0.2, -0.15) is 5.48 Å². The first-order valence-corrected chi connectivity index (χ1v) is 20.4. The van der Waals surface area contributed by atoms with Crippen LogP contribution in [0.15, 0.2) is 34.0 Å². The summed E-state index contributed by atoms with van der Waals surface area (Å²) in [7, 11) is 3.74. The lowest BCUT2D eigenvalue weighted by Gasteiger charge is -2.47. The van der Waals surface area contributed by atoms with E-state index in [0.29, 0.717) is 23.2 Å². The van der Waals surface area contributed by atoms with Crippen molar-refractivity contribution in [2.45, 2.75) is 148 Å². The van der Waals surface area contributed by atoms with Crippen LogP contribution in [0.2, 0.25) is 0 Å². The van der Waals surface area contributed by atoms with Crippen LogP contribution in [0.4, 0.5) is 0 Å². The van der Waals surface area contributed by atoms with Crippen molar-refractivity contribution in [3.63, 3.8) is 0 Å². The molecule has 58 heavy (non-hydrogen) atoms. The lowest BCUT2D eigenvalue weighted by Crippen LogP contribution is -2.60. The van der Waals surface area contributed by atoms with Crippen LogP contribution in [0, 0.1) is 23.7 Å². The number of hydrogen-bond donors (Lipinski definition) is 3. The van der Waals surface area contributed by atoms with Gasteiger partial charge in [0.1, 0.15) is 29.2 Å². The van der Waals surface area contributed by atoms with E-state index in [1.165, 1.54) is 27.2 Å². The number of hydrogen-bond acceptors (Lipinski definition) is 15. The van der Waals surface area contributed by atoms with E-state index in [-0.39, 0.29) is 44.8 Å². The standard InChI is InChI=1S/C42H64N4O12/c1-12-33-42(9,51)38-24(4)34(44-27(7)47)22(2)17-41(8,54-20-29(19-52-38)45-55-18-28-13-14-32-30(16-28)43-21-53-32)37(25(5)35(48)26(6)39(50)57-33)58-40-36(49)31(46(10)11)15-23(3)56-40/h13-14,16,21-26,29,31,33,36-38,40,45,49,51H,12,15,17-20H2,1-11H3/t22-,23-,24+,25+,26-,29?,31+,33-,36-,37-,38-,40-,41-,42-/m1/s1. The number of fused-ring (bicyclic) bond motifs is 6. The van der Waals surface area contributed by atoms with Crippen LogP contribution in [-0.2, 0) is 49.5 Å². The van der Waals surface area contributed by atoms with Crippen LogP contribution >= 0.6 is 0 Å². The molecule has 14 atom stereocenters. The maximum atomic E-state index is 14.5. The topological polar surface area (TPSA) is 201 Å². The Balaban J connectivity index is 1.63. The summed E-state index contributed by atoms with van der Waals surface area (Å²) in [4.78, 5) is 57.9. The molecule has 0 saturated carbocycles. The van der Waals surface area contributed by atoms with E-state index in [9.17, 15) is 24.6 Å². The number of aliphatic hydroxyl groups excluding tert-OH is 1. The van der Waals surface area contributed by atoms with Crippen molar-refractivity contribution in [2.24, 2.45) is 28.7 Å². The third kappa shape index (κ3) is 10.2. The Labute approximate surface area is 341 Å². The minimum Gasteiger partial charge on any atom is -0.459 e. The maximum Gasteiger partial charge on any atom is 0.316 e. The van der Waals surface area contributed by atoms with Crippen LogP contribution in [-0.4, -0.2) is 131 Å². The van der Waals surface area contributed by atoms with E-state index < -0.39 is 89.3 Å². The number of likely N-dealkylation sites (N-methyl/N-ethyl adjacent to an activating group) is 1. The van der Waals surface area contributed by atoms with Gasteiger partial charge in [-0.05, 0) is 84.7 Å². The Hall–Kier alpha value is -3.19. The predicted octanol–water partition coefficient (Wildman–Crippen LogP) is 3.78. The zero-order valence-electron chi connectivity index (χ0n) is 35.8. The Morgan fingerprint density at radius 1 is 1.10 bits per heavy atom. The molecular weight excluding hydrogens is 752 g/mol. The van der Waals surface area contributed by atoms with Gasteiger partial charge in [0.2, 0.25) is 5.91 Å². The first-order valence-electron chi connectivity index (χ1n) is 20.4. The van der Waals surface area contributed by atoms with Crippen molar-refractivity contribution in [3.8, 4) is 0 Å². The number of nitrogens with zero attached hydrogens (tertiary/aromatic N) is 3. The number of rotatable bonds is 8. The summed E-state index contributed by atoms with van der Waals surface area (Å²) in [6, 6.07) is 4.54. The summed E-state index contributed by atoms with van der Waals surface area (Å²) in [6.45, 7) is 15.3. The molecule has 0 aliphatic carbocycles. The number of oxazole rings is 1. The molecule has 2 aromatic rings. The third-order valence-electron chi connectivity index (χ3n) is 12.1. The molecule has 5 rings (SSSR count). The van der Waals surface area contributed by atoms with Gasteiger partial charge in [0.25, 0.3) is 0 Å². The quantitative estimate of drug-likeness (QED) is 0.197. The van der Waals surface area contributed by atoms with Gasteiger partial charge in [0.15, 0.2) is 24.0 Å². The number of nitrogens with one attached hydrogen (secondary N) is 1. The number of aliphatic hydroxyl groups is 2. The van der Waals surface area contributed by atoms with E-state index in [4.69, 9.17) is 32.9 Å². The van der Waals surface area contributed by atoms with E-state index >= 15 is 0 Å². The smallest absolute Gasteiger partial charge is 0.316 e. The molecule has 4 heterocycles. The van der Waals surface area contributed by atoms with Crippen molar-refractivity contribution in [2.75, 3.05) is 27.3 Å². The Morgan fingerprint density at radius 3 is 2.50 bits per heavy atom. The molecule has 3 N–H and O–H groups in total. The second-order valence-electron chi connectivity index (χ2n) is 17.2. The highest BCUT2D eigenvalue weighted by atomic mass is 16.7. The summed E-state index contributed by atoms with van der Waals surface area (Å²) in [5, 5.41) is 24.1. The molecule has 0 radical (unpaired) electrons. The van der Waals surface area contributed by atoms with E-state index in [2.05, 4.69) is 15.5 Å². The molecule has 3 aliphatic heterocycles. The molecule has 1 amide bonds. The fourth-order valence-electron chi connectivity index (χ4n) is 8.94. The highest BCUT2D eigenvalue weighted by Gasteiger charge is 2.53. The molecule has 16 nitrogen and oxygen atoms in total. The van der Waals surface area contributed by atoms with Crippen molar-refractivity contribution >= 4 is 34.5 Å². The largest absolute Gasteiger partial charge is 0.459 e. The summed E-state index contributed by atoms with van der Waals surface area (Å²) in [5.74, 6) is -5.21. The van der Waals surface area contributed by atoms with Crippen molar-refractivity contribution in [3.05, 3.63) is 30.2 Å². The average Bonchev–Trinajstić information content (AvgIpc) is 3.63. The first kappa shape index (κ1) is 45.9. The van der Waals surface area contributed by atoms with Gasteiger partial charge >= 0.3 is 5.97 Å². The second-order valence-corrected chi connectivity index (χ2v) is 17.2. The number of ketones is 1. The number of aromatic nitrogens is 1. The van der Waals surface area contributed by atoms with Gasteiger partial charge in [0.05, 0.1) is 49.8 Å². The normalized spacial score (nSPS) is 39.2. The van der Waals surface area contributed by atoms with Gasteiger partial charge in [-0.15, -0.1) is 0 Å². The number of carbonyl (C=O) groups is 3. The molecule has 324 valence electrons. The van der Waals surface area contributed by atoms with Gasteiger partial charge in [-0.25, -0.2) is 9.98 Å². The zero-order valence-corrected chi connectivity index (χ0v) is 35.8. The molecule has 16 heteroatoms. The lowest BCUT2D eigenvalue weighted by molar-refractivity contribution is -0.298. The van der Waals surface area contributed by atoms with Crippen LogP contribution in [0.3, 0.4) is 0 Å². The number of amides is 1. The fourth-order valence-corrected chi connectivity index (χ4v) is 8.94. The van der Waals surface area contributed by atoms with Crippen LogP contribution in [0.5, 0.6) is 0 Å². The number of aliphatic imine (C=N–C) groups is 1. The second kappa shape index (κ2) is 19.0. The summed E-state index contributed by atoms with van der Waals surface area (Å²) >= 11 is 0. The van der Waals surface area contributed by atoms with Crippen molar-refractivity contribution in [1.82, 2.24) is 15.4 Å². The number of cyclic esters (lactones) is 1. The summed E-state index contributed by atoms with van der Waals surface area (Å²) < 4.78 is 38.0. The molecule has 1 aromatic carbocycles. The molecule has 3 fully saturated rings. The van der Waals surface area contributed by atoms with Crippen LogP contribution in [0.25, 0.3) is 11.1 Å². The van der Waals surface area contributed by atoms with Gasteiger partial charge in [0, 0.05) is 30.5 Å². The number of ether oxygens (including phenoxy) is 5. The number of esters is 1. The minimum atomic E-state index is -1.82. The summed E-state index contributed by atoms with van der Waals surface area (Å²) in [5.41, 5.74) is 2.49. The van der Waals surface area contributed by atoms with Gasteiger partial charge in [-0.3, -0.25) is 19.2 Å². The number of benzene rings is 1. The van der Waals surface area contributed by atoms with E-state index in [1.807, 2.05) is 64.9 Å². The van der Waals surface area contributed by atoms with E-state index in [0.717, 1.165) is 5.56 Å². The Bertz CT molecular complexity index is 1770. The molecule has 1 unspecified atom stereocenters. The summed E-state index contributed by atoms with van der Waals surface area (Å²) in [6.07, 6.45) is -3.57. The number of carbonyl (C=O) groups excluding carboxylic acids is 3. The number of hydroxylamine groups is 1.